The maximum atomic E-state index is 12.1. The summed E-state index contributed by atoms with van der Waals surface area (Å²) in [6, 6.07) is 8.40. The van der Waals surface area contributed by atoms with Crippen molar-refractivity contribution in [3.63, 3.8) is 0 Å². The third kappa shape index (κ3) is 3.59. The molecule has 0 atom stereocenters. The van der Waals surface area contributed by atoms with Gasteiger partial charge in [0.15, 0.2) is 0 Å². The molecule has 0 aliphatic carbocycles. The number of benzene rings is 1. The van der Waals surface area contributed by atoms with Crippen LogP contribution >= 0.6 is 0 Å². The first-order valence-corrected chi connectivity index (χ1v) is 6.46. The minimum atomic E-state index is -0.493. The van der Waals surface area contributed by atoms with Crippen molar-refractivity contribution in [2.45, 2.75) is 6.54 Å². The number of H-pyrrole nitrogens is 1. The van der Waals surface area contributed by atoms with Gasteiger partial charge >= 0.3 is 5.69 Å². The first kappa shape index (κ1) is 14.6. The van der Waals surface area contributed by atoms with Gasteiger partial charge in [0, 0.05) is 38.1 Å². The van der Waals surface area contributed by atoms with E-state index in [0.29, 0.717) is 5.56 Å². The van der Waals surface area contributed by atoms with E-state index in [2.05, 4.69) is 15.6 Å². The quantitative estimate of drug-likeness (QED) is 0.722. The highest BCUT2D eigenvalue weighted by Gasteiger charge is 2.09. The maximum Gasteiger partial charge on any atom is 0.328 e. The van der Waals surface area contributed by atoms with Crippen molar-refractivity contribution in [2.75, 3.05) is 18.9 Å². The van der Waals surface area contributed by atoms with Gasteiger partial charge in [0.1, 0.15) is 0 Å². The minimum absolute atomic E-state index is 0.225. The second kappa shape index (κ2) is 6.56. The van der Waals surface area contributed by atoms with E-state index in [1.165, 1.54) is 16.8 Å². The predicted octanol–water partition coefficient (Wildman–Crippen LogP) is 0.00830. The summed E-state index contributed by atoms with van der Waals surface area (Å²) in [5.41, 5.74) is 0.334. The number of amides is 1. The molecule has 2 aromatic rings. The SMILES string of the molecule is CNc1ccccc1C(=O)NCCn1ccc(=O)[nH]c1=O. The Kier molecular flexibility index (Phi) is 4.55. The smallest absolute Gasteiger partial charge is 0.328 e. The van der Waals surface area contributed by atoms with Crippen molar-refractivity contribution in [3.05, 3.63) is 62.9 Å². The first-order chi connectivity index (χ1) is 10.1. The van der Waals surface area contributed by atoms with Crippen LogP contribution in [0, 0.1) is 0 Å². The molecule has 2 rings (SSSR count). The van der Waals surface area contributed by atoms with Gasteiger partial charge in [-0.15, -0.1) is 0 Å². The molecule has 0 radical (unpaired) electrons. The molecule has 1 aromatic heterocycles. The van der Waals surface area contributed by atoms with Crippen LogP contribution < -0.4 is 21.9 Å². The Bertz CT molecular complexity index is 748. The number of carbonyl (C=O) groups excluding carboxylic acids is 1. The average Bonchev–Trinajstić information content (AvgIpc) is 2.49. The van der Waals surface area contributed by atoms with E-state index >= 15 is 0 Å². The standard InChI is InChI=1S/C14H16N4O3/c1-15-11-5-3-2-4-10(11)13(20)16-7-9-18-8-6-12(19)17-14(18)21/h2-6,8,15H,7,9H2,1H3,(H,16,20)(H,17,19,21). The lowest BCUT2D eigenvalue weighted by molar-refractivity contribution is 0.0953. The lowest BCUT2D eigenvalue weighted by Crippen LogP contribution is -2.34. The number of nitrogens with one attached hydrogen (secondary N) is 3. The van der Waals surface area contributed by atoms with Crippen LogP contribution in [0.1, 0.15) is 10.4 Å². The fourth-order valence-corrected chi connectivity index (χ4v) is 1.90. The summed E-state index contributed by atoms with van der Waals surface area (Å²) in [7, 11) is 1.74. The van der Waals surface area contributed by atoms with Crippen LogP contribution in [0.3, 0.4) is 0 Å². The first-order valence-electron chi connectivity index (χ1n) is 6.46. The molecule has 21 heavy (non-hydrogen) atoms. The molecule has 0 aliphatic rings. The van der Waals surface area contributed by atoms with Gasteiger partial charge in [-0.1, -0.05) is 12.1 Å². The second-order valence-electron chi connectivity index (χ2n) is 4.36. The van der Waals surface area contributed by atoms with Gasteiger partial charge in [0.2, 0.25) is 0 Å². The van der Waals surface area contributed by atoms with Crippen molar-refractivity contribution in [1.82, 2.24) is 14.9 Å². The molecular formula is C14H16N4O3. The van der Waals surface area contributed by atoms with Gasteiger partial charge in [-0.2, -0.15) is 0 Å². The number of para-hydroxylation sites is 1. The summed E-state index contributed by atoms with van der Waals surface area (Å²) in [5, 5.41) is 5.68. The summed E-state index contributed by atoms with van der Waals surface area (Å²) in [5.74, 6) is -0.225. The summed E-state index contributed by atoms with van der Waals surface area (Å²) in [6.45, 7) is 0.561. The molecule has 0 unspecified atom stereocenters. The van der Waals surface area contributed by atoms with Crippen molar-refractivity contribution in [2.24, 2.45) is 0 Å². The number of anilines is 1. The highest BCUT2D eigenvalue weighted by atomic mass is 16.2. The van der Waals surface area contributed by atoms with Crippen LogP contribution in [0.5, 0.6) is 0 Å². The van der Waals surface area contributed by atoms with E-state index in [1.807, 2.05) is 6.07 Å². The molecule has 0 bridgehead atoms. The van der Waals surface area contributed by atoms with Crippen LogP contribution in [0.15, 0.2) is 46.1 Å². The number of hydrogen-bond acceptors (Lipinski definition) is 4. The highest BCUT2D eigenvalue weighted by Crippen LogP contribution is 2.13. The molecule has 7 heteroatoms. The van der Waals surface area contributed by atoms with E-state index in [1.54, 1.807) is 25.2 Å². The Hall–Kier alpha value is -2.83. The van der Waals surface area contributed by atoms with Crippen LogP contribution in [0.2, 0.25) is 0 Å². The molecule has 3 N–H and O–H groups in total. The monoisotopic (exact) mass is 288 g/mol. The topological polar surface area (TPSA) is 96.0 Å². The molecule has 0 fully saturated rings. The number of aromatic nitrogens is 2. The minimum Gasteiger partial charge on any atom is -0.387 e. The lowest BCUT2D eigenvalue weighted by Gasteiger charge is -2.10. The largest absolute Gasteiger partial charge is 0.387 e. The molecule has 7 nitrogen and oxygen atoms in total. The third-order valence-corrected chi connectivity index (χ3v) is 2.98. The molecule has 0 saturated heterocycles. The molecule has 0 aliphatic heterocycles. The van der Waals surface area contributed by atoms with E-state index in [-0.39, 0.29) is 19.0 Å². The molecule has 0 spiro atoms. The Morgan fingerprint density at radius 1 is 1.24 bits per heavy atom. The van der Waals surface area contributed by atoms with Crippen molar-refractivity contribution in [1.29, 1.82) is 0 Å². The zero-order chi connectivity index (χ0) is 15.2. The zero-order valence-electron chi connectivity index (χ0n) is 11.6. The number of aromatic amines is 1. The fourth-order valence-electron chi connectivity index (χ4n) is 1.90. The van der Waals surface area contributed by atoms with E-state index in [0.717, 1.165) is 5.69 Å². The Morgan fingerprint density at radius 3 is 2.71 bits per heavy atom. The summed E-state index contributed by atoms with van der Waals surface area (Å²) in [4.78, 5) is 36.6. The number of carbonyl (C=O) groups is 1. The molecule has 0 saturated carbocycles. The van der Waals surface area contributed by atoms with Gasteiger partial charge in [-0.25, -0.2) is 4.79 Å². The predicted molar refractivity (Wildman–Crippen MR) is 79.6 cm³/mol. The normalized spacial score (nSPS) is 10.1. The Morgan fingerprint density at radius 2 is 2.00 bits per heavy atom. The lowest BCUT2D eigenvalue weighted by atomic mass is 10.1. The van der Waals surface area contributed by atoms with Crippen LogP contribution in [-0.4, -0.2) is 29.1 Å². The van der Waals surface area contributed by atoms with E-state index in [4.69, 9.17) is 0 Å². The summed E-state index contributed by atoms with van der Waals surface area (Å²) < 4.78 is 1.33. The third-order valence-electron chi connectivity index (χ3n) is 2.98. The van der Waals surface area contributed by atoms with Crippen LogP contribution in [-0.2, 0) is 6.54 Å². The fraction of sp³-hybridized carbons (Fsp3) is 0.214. The van der Waals surface area contributed by atoms with E-state index in [9.17, 15) is 14.4 Å². The molecule has 1 heterocycles. The number of hydrogen-bond donors (Lipinski definition) is 3. The summed E-state index contributed by atoms with van der Waals surface area (Å²) >= 11 is 0. The highest BCUT2D eigenvalue weighted by molar-refractivity contribution is 5.99. The second-order valence-corrected chi connectivity index (χ2v) is 4.36. The summed E-state index contributed by atoms with van der Waals surface area (Å²) in [6.07, 6.45) is 1.40. The Labute approximate surface area is 120 Å². The van der Waals surface area contributed by atoms with Crippen molar-refractivity contribution < 1.29 is 4.79 Å². The zero-order valence-corrected chi connectivity index (χ0v) is 11.6. The van der Waals surface area contributed by atoms with Gasteiger partial charge < -0.3 is 10.6 Å². The maximum absolute atomic E-state index is 12.1. The molecule has 1 aromatic carbocycles. The van der Waals surface area contributed by atoms with Gasteiger partial charge in [-0.3, -0.25) is 19.1 Å². The average molecular weight is 288 g/mol. The number of rotatable bonds is 5. The van der Waals surface area contributed by atoms with Gasteiger partial charge in [0.25, 0.3) is 11.5 Å². The van der Waals surface area contributed by atoms with Gasteiger partial charge in [-0.05, 0) is 12.1 Å². The van der Waals surface area contributed by atoms with Gasteiger partial charge in [0.05, 0.1) is 5.56 Å². The molecule has 1 amide bonds. The van der Waals surface area contributed by atoms with E-state index < -0.39 is 11.2 Å². The van der Waals surface area contributed by atoms with Crippen LogP contribution in [0.25, 0.3) is 0 Å². The molecule has 110 valence electrons. The number of nitrogens with zero attached hydrogens (tertiary/aromatic N) is 1. The Balaban J connectivity index is 1.98. The molecular weight excluding hydrogens is 272 g/mol. The van der Waals surface area contributed by atoms with Crippen molar-refractivity contribution in [3.8, 4) is 0 Å². The van der Waals surface area contributed by atoms with Crippen LogP contribution in [0.4, 0.5) is 5.69 Å². The van der Waals surface area contributed by atoms with Crippen molar-refractivity contribution >= 4 is 11.6 Å².